The van der Waals surface area contributed by atoms with Gasteiger partial charge >= 0.3 is 6.09 Å². The summed E-state index contributed by atoms with van der Waals surface area (Å²) < 4.78 is 52.2. The van der Waals surface area contributed by atoms with Crippen LogP contribution in [0.5, 0.6) is 0 Å². The number of halogens is 2. The zero-order chi connectivity index (χ0) is 31.8. The van der Waals surface area contributed by atoms with E-state index in [1.807, 2.05) is 13.8 Å². The average Bonchev–Trinajstić information content (AvgIpc) is 3.46. The van der Waals surface area contributed by atoms with E-state index >= 15 is 8.78 Å². The lowest BCUT2D eigenvalue weighted by atomic mass is 9.44. The number of carbonyl (C=O) groups is 2. The fraction of sp³-hybridized carbons (Fsp3) is 0.765. The predicted octanol–water partition coefficient (Wildman–Crippen LogP) is 4.91. The Morgan fingerprint density at radius 3 is 2.55 bits per heavy atom. The number of alkyl halides is 2. The van der Waals surface area contributed by atoms with E-state index in [0.717, 1.165) is 19.5 Å². The van der Waals surface area contributed by atoms with E-state index in [0.29, 0.717) is 36.7 Å². The second kappa shape index (κ2) is 11.0. The summed E-state index contributed by atoms with van der Waals surface area (Å²) in [5.41, 5.74) is -5.28. The lowest BCUT2D eigenvalue weighted by Crippen LogP contribution is -2.70. The monoisotopic (exact) mass is 618 g/mol. The summed E-state index contributed by atoms with van der Waals surface area (Å²) in [4.78, 5) is 31.3. The third-order valence-corrected chi connectivity index (χ3v) is 12.1. The molecule has 0 aromatic rings. The van der Waals surface area contributed by atoms with E-state index in [9.17, 15) is 14.7 Å². The Morgan fingerprint density at radius 2 is 1.89 bits per heavy atom. The summed E-state index contributed by atoms with van der Waals surface area (Å²) in [6.45, 7) is 15.6. The highest BCUT2D eigenvalue weighted by Gasteiger charge is 2.80. The number of Topliss-reactive ketones (excluding diaryl/α,β-unsaturated/α-hetero) is 1. The summed E-state index contributed by atoms with van der Waals surface area (Å²) in [7, 11) is 0. The molecular formula is C34H48F2N2O6. The highest BCUT2D eigenvalue weighted by molar-refractivity contribution is 5.92. The maximum absolute atomic E-state index is 17.7. The summed E-state index contributed by atoms with van der Waals surface area (Å²) >= 11 is 0. The van der Waals surface area contributed by atoms with Crippen molar-refractivity contribution in [3.8, 4) is 0 Å². The molecule has 0 aromatic heterocycles. The minimum absolute atomic E-state index is 0.0746. The molecule has 0 bridgehead atoms. The quantitative estimate of drug-likeness (QED) is 0.453. The van der Waals surface area contributed by atoms with Gasteiger partial charge in [0.05, 0.1) is 12.2 Å². The normalized spacial score (nSPS) is 45.0. The van der Waals surface area contributed by atoms with Gasteiger partial charge in [0.1, 0.15) is 6.17 Å². The molecule has 3 saturated carbocycles. The lowest BCUT2D eigenvalue weighted by Gasteiger charge is -2.63. The first-order valence-electron chi connectivity index (χ1n) is 16.4. The Morgan fingerprint density at radius 1 is 1.18 bits per heavy atom. The van der Waals surface area contributed by atoms with Crippen molar-refractivity contribution in [2.75, 3.05) is 32.8 Å². The topological polar surface area (TPSA) is 88.5 Å². The molecule has 44 heavy (non-hydrogen) atoms. The van der Waals surface area contributed by atoms with Crippen LogP contribution in [0.3, 0.4) is 0 Å². The number of piperazine rings is 1. The number of aliphatic hydroxyl groups excluding tert-OH is 1. The van der Waals surface area contributed by atoms with Crippen molar-refractivity contribution in [1.82, 2.24) is 9.80 Å². The number of rotatable bonds is 6. The van der Waals surface area contributed by atoms with Crippen LogP contribution in [0.2, 0.25) is 0 Å². The Balaban J connectivity index is 1.29. The number of nitrogens with zero attached hydrogens (tertiary/aromatic N) is 2. The van der Waals surface area contributed by atoms with Gasteiger partial charge in [0.25, 0.3) is 0 Å². The molecule has 2 aliphatic heterocycles. The molecule has 2 saturated heterocycles. The SMILES string of the molecule is C=C1C=C[C@@]2(C)C(=C1)[C@@H](F)C[C@H]1[C@@H]3C[C@H]4OC(CCC)O[C@@]4(C(=O)COC(=O)N4CCN(C(C)C)CC4)[C@@]3(C)C[C@H](O)[C@@]12F. The Bertz CT molecular complexity index is 1260. The molecule has 0 radical (unpaired) electrons. The van der Waals surface area contributed by atoms with Gasteiger partial charge in [-0.3, -0.25) is 9.69 Å². The van der Waals surface area contributed by atoms with Crippen molar-refractivity contribution < 1.29 is 37.7 Å². The van der Waals surface area contributed by atoms with Crippen molar-refractivity contribution in [3.05, 3.63) is 36.0 Å². The summed E-state index contributed by atoms with van der Waals surface area (Å²) in [6.07, 6.45) is 1.48. The number of allylic oxidation sites excluding steroid dienone is 5. The van der Waals surface area contributed by atoms with Crippen molar-refractivity contribution >= 4 is 11.9 Å². The van der Waals surface area contributed by atoms with Crippen LogP contribution in [0.4, 0.5) is 13.6 Å². The van der Waals surface area contributed by atoms with Crippen LogP contribution in [0.1, 0.15) is 66.7 Å². The number of hydrogen-bond acceptors (Lipinski definition) is 7. The third-order valence-electron chi connectivity index (χ3n) is 12.1. The van der Waals surface area contributed by atoms with Crippen LogP contribution in [-0.4, -0.2) is 102 Å². The zero-order valence-electron chi connectivity index (χ0n) is 26.7. The molecule has 4 aliphatic carbocycles. The van der Waals surface area contributed by atoms with E-state index in [1.54, 1.807) is 30.1 Å². The molecule has 1 unspecified atom stereocenters. The first kappa shape index (κ1) is 31.8. The second-order valence-electron chi connectivity index (χ2n) is 14.6. The van der Waals surface area contributed by atoms with E-state index in [4.69, 9.17) is 14.2 Å². The maximum atomic E-state index is 17.7. The predicted molar refractivity (Wildman–Crippen MR) is 160 cm³/mol. The number of ketones is 1. The number of ether oxygens (including phenoxy) is 3. The highest BCUT2D eigenvalue weighted by Crippen LogP contribution is 2.72. The Labute approximate surface area is 259 Å². The minimum atomic E-state index is -2.17. The van der Waals surface area contributed by atoms with Crippen molar-refractivity contribution in [2.45, 2.75) is 109 Å². The standard InChI is InChI=1S/C34H48F2N2O6/c1-7-8-29-43-28-17-22-23-16-25(35)24-15-21(4)9-10-31(24,5)33(23,36)26(39)18-32(22,6)34(28,44-29)27(40)19-42-30(41)38-13-11-37(12-14-38)20(2)3/h9-10,15,20,22-23,25-26,28-29,39H,4,7-8,11-14,16-19H2,1-3,5-6H3/t22-,23-,25-,26-,28+,29?,31-,32-,33-,34+/m0/s1. The van der Waals surface area contributed by atoms with Gasteiger partial charge in [-0.25, -0.2) is 13.6 Å². The van der Waals surface area contributed by atoms with Crippen molar-refractivity contribution in [1.29, 1.82) is 0 Å². The van der Waals surface area contributed by atoms with E-state index in [2.05, 4.69) is 25.3 Å². The first-order chi connectivity index (χ1) is 20.7. The van der Waals surface area contributed by atoms with E-state index in [1.165, 1.54) is 0 Å². The van der Waals surface area contributed by atoms with Gasteiger partial charge < -0.3 is 24.2 Å². The molecule has 6 aliphatic rings. The molecular weight excluding hydrogens is 570 g/mol. The van der Waals surface area contributed by atoms with E-state index in [-0.39, 0.29) is 19.3 Å². The largest absolute Gasteiger partial charge is 0.441 e. The van der Waals surface area contributed by atoms with Crippen LogP contribution >= 0.6 is 0 Å². The summed E-state index contributed by atoms with van der Waals surface area (Å²) in [5, 5.41) is 11.8. The Hall–Kier alpha value is -2.14. The van der Waals surface area contributed by atoms with Gasteiger partial charge in [0, 0.05) is 49.0 Å². The second-order valence-corrected chi connectivity index (χ2v) is 14.6. The number of amides is 1. The number of carbonyl (C=O) groups excluding carboxylic acids is 2. The molecule has 6 rings (SSSR count). The van der Waals surface area contributed by atoms with Gasteiger partial charge in [-0.2, -0.15) is 0 Å². The average molecular weight is 619 g/mol. The van der Waals surface area contributed by atoms with Gasteiger partial charge in [-0.1, -0.05) is 45.1 Å². The van der Waals surface area contributed by atoms with Crippen LogP contribution in [0, 0.1) is 22.7 Å². The molecule has 8 nitrogen and oxygen atoms in total. The fourth-order valence-corrected chi connectivity index (χ4v) is 9.70. The molecule has 1 amide bonds. The molecule has 0 spiro atoms. The molecule has 10 atom stereocenters. The van der Waals surface area contributed by atoms with Gasteiger partial charge in [0.2, 0.25) is 5.78 Å². The summed E-state index contributed by atoms with van der Waals surface area (Å²) in [5.74, 6) is -1.86. The lowest BCUT2D eigenvalue weighted by molar-refractivity contribution is -0.234. The van der Waals surface area contributed by atoms with Crippen LogP contribution < -0.4 is 0 Å². The molecule has 10 heteroatoms. The zero-order valence-corrected chi connectivity index (χ0v) is 26.7. The van der Waals surface area contributed by atoms with Gasteiger partial charge in [0.15, 0.2) is 24.2 Å². The van der Waals surface area contributed by atoms with E-state index < -0.39 is 77.1 Å². The maximum Gasteiger partial charge on any atom is 0.410 e. The minimum Gasteiger partial charge on any atom is -0.441 e. The summed E-state index contributed by atoms with van der Waals surface area (Å²) in [6, 6.07) is 0.377. The molecule has 1 N–H and O–H groups in total. The molecule has 5 fully saturated rings. The van der Waals surface area contributed by atoms with Crippen LogP contribution in [0.15, 0.2) is 36.0 Å². The van der Waals surface area contributed by atoms with Gasteiger partial charge in [-0.15, -0.1) is 0 Å². The van der Waals surface area contributed by atoms with Crippen molar-refractivity contribution in [2.24, 2.45) is 22.7 Å². The van der Waals surface area contributed by atoms with Crippen LogP contribution in [0.25, 0.3) is 0 Å². The smallest absolute Gasteiger partial charge is 0.410 e. The van der Waals surface area contributed by atoms with Crippen LogP contribution in [-0.2, 0) is 19.0 Å². The van der Waals surface area contributed by atoms with Crippen molar-refractivity contribution in [3.63, 3.8) is 0 Å². The first-order valence-corrected chi connectivity index (χ1v) is 16.4. The Kier molecular flexibility index (Phi) is 7.95. The van der Waals surface area contributed by atoms with Gasteiger partial charge in [-0.05, 0) is 63.5 Å². The number of aliphatic hydroxyl groups is 1. The highest BCUT2D eigenvalue weighted by atomic mass is 19.1. The third kappa shape index (κ3) is 4.33. The fourth-order valence-electron chi connectivity index (χ4n) is 9.70. The molecule has 0 aromatic carbocycles. The molecule has 2 heterocycles. The number of fused-ring (bicyclic) bond motifs is 7. The number of hydrogen-bond donors (Lipinski definition) is 1. The molecule has 244 valence electrons.